The van der Waals surface area contributed by atoms with Gasteiger partial charge in [0, 0.05) is 5.92 Å². The summed E-state index contributed by atoms with van der Waals surface area (Å²) in [4.78, 5) is 22.4. The second-order valence-electron chi connectivity index (χ2n) is 4.30. The Labute approximate surface area is 85.2 Å². The molecule has 0 radical (unpaired) electrons. The first-order chi connectivity index (χ1) is 6.61. The van der Waals surface area contributed by atoms with Crippen LogP contribution in [0.2, 0.25) is 0 Å². The maximum atomic E-state index is 11.4. The zero-order chi connectivity index (χ0) is 10.0. The van der Waals surface area contributed by atoms with E-state index in [9.17, 15) is 9.59 Å². The largest absolute Gasteiger partial charge is 0.481 e. The standard InChI is InChI=1S/C9H9ClO4/c10-6-2-1-3-5(4(2)8(11)12)9(13)14-7(3)6/h2-7H,1H2,(H,11,12)/t2-,3-,4-,5+,6-,7+/m1/s1. The fourth-order valence-electron chi connectivity index (χ4n) is 3.31. The number of carboxylic acid groups (broad SMARTS) is 1. The van der Waals surface area contributed by atoms with E-state index in [-0.39, 0.29) is 29.3 Å². The fourth-order valence-corrected chi connectivity index (χ4v) is 3.81. The van der Waals surface area contributed by atoms with Gasteiger partial charge in [0.15, 0.2) is 0 Å². The molecule has 1 aliphatic heterocycles. The smallest absolute Gasteiger partial charge is 0.310 e. The summed E-state index contributed by atoms with van der Waals surface area (Å²) < 4.78 is 5.10. The Hall–Kier alpha value is -0.770. The Morgan fingerprint density at radius 1 is 1.50 bits per heavy atom. The molecule has 2 saturated carbocycles. The maximum absolute atomic E-state index is 11.4. The molecule has 4 nitrogen and oxygen atoms in total. The average molecular weight is 217 g/mol. The van der Waals surface area contributed by atoms with E-state index in [0.29, 0.717) is 0 Å². The van der Waals surface area contributed by atoms with Crippen molar-refractivity contribution in [1.82, 2.24) is 0 Å². The second kappa shape index (κ2) is 2.42. The van der Waals surface area contributed by atoms with Crippen LogP contribution in [0.3, 0.4) is 0 Å². The molecule has 5 heteroatoms. The molecule has 3 fully saturated rings. The summed E-state index contributed by atoms with van der Waals surface area (Å²) in [5.41, 5.74) is 0. The van der Waals surface area contributed by atoms with Gasteiger partial charge in [-0.3, -0.25) is 9.59 Å². The molecule has 0 unspecified atom stereocenters. The number of halogens is 1. The minimum atomic E-state index is -0.912. The van der Waals surface area contributed by atoms with Crippen molar-refractivity contribution in [1.29, 1.82) is 0 Å². The average Bonchev–Trinajstić information content (AvgIpc) is 2.67. The molecular weight excluding hydrogens is 208 g/mol. The van der Waals surface area contributed by atoms with Gasteiger partial charge in [0.1, 0.15) is 6.10 Å². The van der Waals surface area contributed by atoms with Crippen molar-refractivity contribution in [3.8, 4) is 0 Å². The number of fused-ring (bicyclic) bond motifs is 1. The predicted octanol–water partition coefficient (Wildman–Crippen LogP) is 0.486. The Kier molecular flexibility index (Phi) is 1.48. The highest BCUT2D eigenvalue weighted by Crippen LogP contribution is 2.59. The summed E-state index contributed by atoms with van der Waals surface area (Å²) >= 11 is 6.07. The van der Waals surface area contributed by atoms with Crippen molar-refractivity contribution in [2.75, 3.05) is 0 Å². The van der Waals surface area contributed by atoms with Crippen LogP contribution >= 0.6 is 11.6 Å². The monoisotopic (exact) mass is 216 g/mol. The number of rotatable bonds is 1. The van der Waals surface area contributed by atoms with Crippen LogP contribution in [-0.2, 0) is 14.3 Å². The van der Waals surface area contributed by atoms with Crippen molar-refractivity contribution in [2.24, 2.45) is 23.7 Å². The first kappa shape index (κ1) is 8.53. The van der Waals surface area contributed by atoms with Gasteiger partial charge in [-0.1, -0.05) is 0 Å². The van der Waals surface area contributed by atoms with Gasteiger partial charge in [0.2, 0.25) is 0 Å². The van der Waals surface area contributed by atoms with Gasteiger partial charge in [-0.25, -0.2) is 0 Å². The number of alkyl halides is 1. The van der Waals surface area contributed by atoms with Crippen molar-refractivity contribution in [2.45, 2.75) is 17.9 Å². The van der Waals surface area contributed by atoms with E-state index >= 15 is 0 Å². The molecule has 6 atom stereocenters. The lowest BCUT2D eigenvalue weighted by Gasteiger charge is -2.24. The quantitative estimate of drug-likeness (QED) is 0.512. The van der Waals surface area contributed by atoms with Crippen molar-refractivity contribution < 1.29 is 19.4 Å². The fraction of sp³-hybridized carbons (Fsp3) is 0.778. The minimum absolute atomic E-state index is 0.0519. The third-order valence-corrected chi connectivity index (χ3v) is 4.38. The molecule has 3 aliphatic rings. The molecule has 0 amide bonds. The van der Waals surface area contributed by atoms with Crippen LogP contribution in [0.5, 0.6) is 0 Å². The number of esters is 1. The van der Waals surface area contributed by atoms with E-state index in [2.05, 4.69) is 0 Å². The molecule has 1 N–H and O–H groups in total. The lowest BCUT2D eigenvalue weighted by atomic mass is 9.80. The van der Waals surface area contributed by atoms with Gasteiger partial charge in [0.05, 0.1) is 17.2 Å². The molecule has 1 saturated heterocycles. The molecule has 3 rings (SSSR count). The highest BCUT2D eigenvalue weighted by molar-refractivity contribution is 6.22. The topological polar surface area (TPSA) is 63.6 Å². The molecule has 14 heavy (non-hydrogen) atoms. The number of carbonyl (C=O) groups is 2. The van der Waals surface area contributed by atoms with Gasteiger partial charge >= 0.3 is 11.9 Å². The van der Waals surface area contributed by atoms with E-state index < -0.39 is 17.8 Å². The molecule has 0 aromatic heterocycles. The predicted molar refractivity (Wildman–Crippen MR) is 45.7 cm³/mol. The minimum Gasteiger partial charge on any atom is -0.481 e. The summed E-state index contributed by atoms with van der Waals surface area (Å²) in [5, 5.41) is 8.72. The Morgan fingerprint density at radius 3 is 2.86 bits per heavy atom. The molecule has 0 spiro atoms. The maximum Gasteiger partial charge on any atom is 0.310 e. The summed E-state index contributed by atoms with van der Waals surface area (Å²) in [6.45, 7) is 0. The van der Waals surface area contributed by atoms with Crippen LogP contribution in [0, 0.1) is 23.7 Å². The Bertz CT molecular complexity index is 329. The third kappa shape index (κ3) is 0.764. The summed E-state index contributed by atoms with van der Waals surface area (Å²) in [5.74, 6) is -2.36. The number of hydrogen-bond donors (Lipinski definition) is 1. The van der Waals surface area contributed by atoms with Gasteiger partial charge in [-0.15, -0.1) is 11.6 Å². The second-order valence-corrected chi connectivity index (χ2v) is 4.80. The molecule has 76 valence electrons. The van der Waals surface area contributed by atoms with Crippen molar-refractivity contribution in [3.63, 3.8) is 0 Å². The van der Waals surface area contributed by atoms with E-state index in [1.807, 2.05) is 0 Å². The summed E-state index contributed by atoms with van der Waals surface area (Å²) in [6, 6.07) is 0. The van der Waals surface area contributed by atoms with Gasteiger partial charge in [-0.2, -0.15) is 0 Å². The zero-order valence-corrected chi connectivity index (χ0v) is 7.98. The van der Waals surface area contributed by atoms with E-state index in [1.165, 1.54) is 0 Å². The van der Waals surface area contributed by atoms with Crippen LogP contribution in [0.25, 0.3) is 0 Å². The number of carbonyl (C=O) groups excluding carboxylic acids is 1. The number of hydrogen-bond acceptors (Lipinski definition) is 3. The molecule has 2 bridgehead atoms. The first-order valence-corrected chi connectivity index (χ1v) is 5.12. The lowest BCUT2D eigenvalue weighted by molar-refractivity contribution is -0.151. The molecule has 0 aromatic rings. The molecule has 2 aliphatic carbocycles. The highest BCUT2D eigenvalue weighted by atomic mass is 35.5. The lowest BCUT2D eigenvalue weighted by Crippen LogP contribution is -2.38. The van der Waals surface area contributed by atoms with Crippen LogP contribution < -0.4 is 0 Å². The van der Waals surface area contributed by atoms with E-state index in [4.69, 9.17) is 21.4 Å². The molecule has 1 heterocycles. The first-order valence-electron chi connectivity index (χ1n) is 4.68. The van der Waals surface area contributed by atoms with Crippen molar-refractivity contribution >= 4 is 23.5 Å². The van der Waals surface area contributed by atoms with Crippen molar-refractivity contribution in [3.05, 3.63) is 0 Å². The van der Waals surface area contributed by atoms with Gasteiger partial charge in [-0.05, 0) is 12.3 Å². The summed E-state index contributed by atoms with van der Waals surface area (Å²) in [7, 11) is 0. The number of ether oxygens (including phenoxy) is 1. The Morgan fingerprint density at radius 2 is 2.21 bits per heavy atom. The van der Waals surface area contributed by atoms with Crippen LogP contribution in [-0.4, -0.2) is 28.5 Å². The third-order valence-electron chi connectivity index (χ3n) is 3.81. The number of carboxylic acids is 1. The van der Waals surface area contributed by atoms with Crippen LogP contribution in [0.4, 0.5) is 0 Å². The van der Waals surface area contributed by atoms with Crippen LogP contribution in [0.1, 0.15) is 6.42 Å². The van der Waals surface area contributed by atoms with Crippen LogP contribution in [0.15, 0.2) is 0 Å². The van der Waals surface area contributed by atoms with E-state index in [1.54, 1.807) is 0 Å². The van der Waals surface area contributed by atoms with Gasteiger partial charge in [0.25, 0.3) is 0 Å². The highest BCUT2D eigenvalue weighted by Gasteiger charge is 2.68. The van der Waals surface area contributed by atoms with E-state index in [0.717, 1.165) is 6.42 Å². The molecule has 0 aromatic carbocycles. The normalized spacial score (nSPS) is 53.6. The van der Waals surface area contributed by atoms with Gasteiger partial charge < -0.3 is 9.84 Å². The molecular formula is C9H9ClO4. The summed E-state index contributed by atoms with van der Waals surface area (Å²) in [6.07, 6.45) is 0.501. The SMILES string of the molecule is O=C(O)[C@@H]1[C@H]2C[C@H]3[C@H](OC(=O)[C@@H]31)[C@@H]2Cl. The zero-order valence-electron chi connectivity index (χ0n) is 7.22. The number of aliphatic carboxylic acids is 1. The Balaban J connectivity index is 2.04.